The Morgan fingerprint density at radius 1 is 0.929 bits per heavy atom. The minimum absolute atomic E-state index is 0.110. The number of rotatable bonds is 8. The van der Waals surface area contributed by atoms with Gasteiger partial charge >= 0.3 is 5.97 Å². The number of aliphatic carboxylic acids is 1. The van der Waals surface area contributed by atoms with Crippen LogP contribution in [0.15, 0.2) is 71.9 Å². The van der Waals surface area contributed by atoms with Gasteiger partial charge in [0.15, 0.2) is 17.3 Å². The number of methoxy groups -OCH3 is 3. The highest BCUT2D eigenvalue weighted by Crippen LogP contribution is 2.49. The molecule has 2 atom stereocenters. The van der Waals surface area contributed by atoms with E-state index in [9.17, 15) is 23.9 Å². The molecule has 2 aliphatic rings. The van der Waals surface area contributed by atoms with E-state index in [1.165, 1.54) is 44.4 Å². The monoisotopic (exact) mass is 574 g/mol. The first kappa shape index (κ1) is 28.7. The number of carboxylic acid groups (broad SMARTS) is 1. The number of fused-ring (bicyclic) bond motifs is 1. The van der Waals surface area contributed by atoms with E-state index < -0.39 is 23.7 Å². The summed E-state index contributed by atoms with van der Waals surface area (Å²) in [5.41, 5.74) is 3.19. The Morgan fingerprint density at radius 2 is 1.64 bits per heavy atom. The summed E-state index contributed by atoms with van der Waals surface area (Å²) in [7, 11) is 4.57. The van der Waals surface area contributed by atoms with Crippen LogP contribution in [-0.4, -0.2) is 44.1 Å². The lowest BCUT2D eigenvalue weighted by atomic mass is 9.78. The molecule has 5 rings (SSSR count). The number of nitrogens with zero attached hydrogens (tertiary/aromatic N) is 1. The van der Waals surface area contributed by atoms with Crippen molar-refractivity contribution in [3.8, 4) is 17.2 Å². The second-order valence-electron chi connectivity index (χ2n) is 10.1. The average molecular weight is 575 g/mol. The lowest BCUT2D eigenvalue weighted by Gasteiger charge is -2.35. The van der Waals surface area contributed by atoms with Crippen LogP contribution in [0, 0.1) is 5.82 Å². The molecule has 0 aromatic heterocycles. The standard InChI is InChI=1S/C32H31FN2O7/c1-40-26-16-20(17-27(41-2)32(26)42-3)19-14-23-30(25(36)15-19)31(18-7-6-8-21(33)13-18)35(28(37)11-12-29(38)39)24-10-5-4-9-22(24)34-23/h4-10,13,16-17,19,31,34H,11-12,14-15H2,1-3H3,(H,38,39)/t19-,31-/m1/s1. The maximum Gasteiger partial charge on any atom is 0.303 e. The molecular weight excluding hydrogens is 543 g/mol. The fourth-order valence-electron chi connectivity index (χ4n) is 5.76. The van der Waals surface area contributed by atoms with E-state index in [2.05, 4.69) is 5.32 Å². The van der Waals surface area contributed by atoms with Gasteiger partial charge in [0.1, 0.15) is 5.82 Å². The van der Waals surface area contributed by atoms with Gasteiger partial charge in [-0.1, -0.05) is 24.3 Å². The Bertz CT molecular complexity index is 1560. The number of allylic oxidation sites excluding steroid dienone is 1. The second kappa shape index (κ2) is 11.9. The number of hydrogen-bond acceptors (Lipinski definition) is 7. The molecule has 0 saturated heterocycles. The molecule has 10 heteroatoms. The van der Waals surface area contributed by atoms with Crippen molar-refractivity contribution in [3.05, 3.63) is 88.9 Å². The van der Waals surface area contributed by atoms with Crippen LogP contribution in [0.5, 0.6) is 17.2 Å². The first-order chi connectivity index (χ1) is 20.2. The van der Waals surface area contributed by atoms with Gasteiger partial charge in [-0.15, -0.1) is 0 Å². The number of ether oxygens (including phenoxy) is 3. The van der Waals surface area contributed by atoms with Gasteiger partial charge in [0, 0.05) is 24.1 Å². The van der Waals surface area contributed by atoms with Gasteiger partial charge in [-0.2, -0.15) is 0 Å². The fourth-order valence-corrected chi connectivity index (χ4v) is 5.76. The highest BCUT2D eigenvalue weighted by Gasteiger charge is 2.42. The molecule has 2 N–H and O–H groups in total. The van der Waals surface area contributed by atoms with Crippen LogP contribution in [0.25, 0.3) is 0 Å². The summed E-state index contributed by atoms with van der Waals surface area (Å²) in [4.78, 5) is 40.7. The molecule has 9 nitrogen and oxygen atoms in total. The highest BCUT2D eigenvalue weighted by atomic mass is 19.1. The molecular formula is C32H31FN2O7. The maximum atomic E-state index is 14.6. The quantitative estimate of drug-likeness (QED) is 0.357. The first-order valence-electron chi connectivity index (χ1n) is 13.5. The van der Waals surface area contributed by atoms with Crippen LogP contribution < -0.4 is 24.4 Å². The number of nitrogens with one attached hydrogen (secondary N) is 1. The summed E-state index contributed by atoms with van der Waals surface area (Å²) in [6.07, 6.45) is -0.167. The van der Waals surface area contributed by atoms with Crippen molar-refractivity contribution < 1.29 is 38.1 Å². The van der Waals surface area contributed by atoms with Crippen molar-refractivity contribution in [1.82, 2.24) is 0 Å². The van der Waals surface area contributed by atoms with E-state index in [4.69, 9.17) is 14.2 Å². The third-order valence-electron chi connectivity index (χ3n) is 7.63. The van der Waals surface area contributed by atoms with E-state index in [1.54, 1.807) is 30.3 Å². The van der Waals surface area contributed by atoms with Gasteiger partial charge < -0.3 is 24.6 Å². The summed E-state index contributed by atoms with van der Waals surface area (Å²) in [5.74, 6) is -1.25. The number of carboxylic acids is 1. The van der Waals surface area contributed by atoms with Crippen LogP contribution >= 0.6 is 0 Å². The van der Waals surface area contributed by atoms with Gasteiger partial charge in [-0.25, -0.2) is 4.39 Å². The van der Waals surface area contributed by atoms with Crippen LogP contribution in [-0.2, 0) is 14.4 Å². The SMILES string of the molecule is COc1cc([C@H]2CC(=O)C3=C(C2)Nc2ccccc2N(C(=O)CCC(=O)O)[C@@H]3c2cccc(F)c2)cc(OC)c1OC. The van der Waals surface area contributed by atoms with Gasteiger partial charge in [-0.05, 0) is 59.9 Å². The van der Waals surface area contributed by atoms with Gasteiger partial charge in [-0.3, -0.25) is 19.3 Å². The number of anilines is 2. The van der Waals surface area contributed by atoms with Crippen LogP contribution in [0.1, 0.15) is 48.8 Å². The number of halogens is 1. The molecule has 0 bridgehead atoms. The minimum atomic E-state index is -1.12. The van der Waals surface area contributed by atoms with Crippen molar-refractivity contribution in [2.24, 2.45) is 0 Å². The Labute approximate surface area is 242 Å². The molecule has 0 fully saturated rings. The lowest BCUT2D eigenvalue weighted by Crippen LogP contribution is -2.38. The van der Waals surface area contributed by atoms with E-state index in [1.807, 2.05) is 12.1 Å². The van der Waals surface area contributed by atoms with Crippen LogP contribution in [0.4, 0.5) is 15.8 Å². The fraction of sp³-hybridized carbons (Fsp3) is 0.281. The predicted octanol–water partition coefficient (Wildman–Crippen LogP) is 5.62. The Hall–Kier alpha value is -4.86. The largest absolute Gasteiger partial charge is 0.493 e. The van der Waals surface area contributed by atoms with Crippen LogP contribution in [0.2, 0.25) is 0 Å². The predicted molar refractivity (Wildman–Crippen MR) is 154 cm³/mol. The van der Waals surface area contributed by atoms with Crippen molar-refractivity contribution in [1.29, 1.82) is 0 Å². The van der Waals surface area contributed by atoms with Crippen molar-refractivity contribution in [2.45, 2.75) is 37.6 Å². The molecule has 3 aromatic rings. The first-order valence-corrected chi connectivity index (χ1v) is 13.5. The van der Waals surface area contributed by atoms with E-state index >= 15 is 0 Å². The maximum absolute atomic E-state index is 14.6. The number of Topliss-reactive ketones (excluding diaryl/α,β-unsaturated/α-hetero) is 1. The number of ketones is 1. The topological polar surface area (TPSA) is 114 Å². The zero-order valence-corrected chi connectivity index (χ0v) is 23.5. The zero-order valence-electron chi connectivity index (χ0n) is 23.5. The summed E-state index contributed by atoms with van der Waals surface area (Å²) in [6, 6.07) is 15.5. The Morgan fingerprint density at radius 3 is 2.29 bits per heavy atom. The summed E-state index contributed by atoms with van der Waals surface area (Å²) < 4.78 is 31.1. The molecule has 1 aliphatic heterocycles. The van der Waals surface area contributed by atoms with E-state index in [0.717, 1.165) is 5.56 Å². The molecule has 0 saturated carbocycles. The molecule has 0 radical (unpaired) electrons. The zero-order chi connectivity index (χ0) is 30.0. The number of hydrogen-bond donors (Lipinski definition) is 2. The summed E-state index contributed by atoms with van der Waals surface area (Å²) >= 11 is 0. The number of amides is 1. The Balaban J connectivity index is 1.67. The Kier molecular flexibility index (Phi) is 8.15. The summed E-state index contributed by atoms with van der Waals surface area (Å²) in [6.45, 7) is 0. The normalized spacial score (nSPS) is 17.9. The second-order valence-corrected chi connectivity index (χ2v) is 10.1. The lowest BCUT2D eigenvalue weighted by molar-refractivity contribution is -0.138. The third kappa shape index (κ3) is 5.39. The molecule has 218 valence electrons. The minimum Gasteiger partial charge on any atom is -0.493 e. The molecule has 1 heterocycles. The molecule has 1 aliphatic carbocycles. The number of carbonyl (C=O) groups excluding carboxylic acids is 2. The van der Waals surface area contributed by atoms with Crippen molar-refractivity contribution >= 4 is 29.0 Å². The van der Waals surface area contributed by atoms with Gasteiger partial charge in [0.25, 0.3) is 0 Å². The number of carbonyl (C=O) groups is 3. The number of para-hydroxylation sites is 2. The van der Waals surface area contributed by atoms with Crippen molar-refractivity contribution in [3.63, 3.8) is 0 Å². The average Bonchev–Trinajstić information content (AvgIpc) is 3.13. The van der Waals surface area contributed by atoms with E-state index in [-0.39, 0.29) is 31.0 Å². The molecule has 0 unspecified atom stereocenters. The molecule has 42 heavy (non-hydrogen) atoms. The molecule has 1 amide bonds. The third-order valence-corrected chi connectivity index (χ3v) is 7.63. The molecule has 0 spiro atoms. The van der Waals surface area contributed by atoms with Gasteiger partial charge in [0.05, 0.1) is 45.2 Å². The highest BCUT2D eigenvalue weighted by molar-refractivity contribution is 6.06. The molecule has 3 aromatic carbocycles. The van der Waals surface area contributed by atoms with Crippen molar-refractivity contribution in [2.75, 3.05) is 31.5 Å². The number of benzene rings is 3. The summed E-state index contributed by atoms with van der Waals surface area (Å²) in [5, 5.41) is 12.7. The van der Waals surface area contributed by atoms with Gasteiger partial charge in [0.2, 0.25) is 11.7 Å². The smallest absolute Gasteiger partial charge is 0.303 e. The van der Waals surface area contributed by atoms with Crippen LogP contribution in [0.3, 0.4) is 0 Å². The van der Waals surface area contributed by atoms with E-state index in [0.29, 0.717) is 51.9 Å².